The van der Waals surface area contributed by atoms with Crippen molar-refractivity contribution in [3.8, 4) is 0 Å². The second-order valence-corrected chi connectivity index (χ2v) is 8.61. The predicted molar refractivity (Wildman–Crippen MR) is 84.2 cm³/mol. The number of hydrogen-bond acceptors (Lipinski definition) is 3. The van der Waals surface area contributed by atoms with Crippen LogP contribution in [0.2, 0.25) is 0 Å². The monoisotopic (exact) mass is 304 g/mol. The number of fused-ring (bicyclic) bond motifs is 5. The average Bonchev–Trinajstić information content (AvgIpc) is 2.68. The number of carbonyl (C=O) groups is 1. The lowest BCUT2D eigenvalue weighted by atomic mass is 9.46. The van der Waals surface area contributed by atoms with Gasteiger partial charge in [0.05, 0.1) is 12.4 Å². The summed E-state index contributed by atoms with van der Waals surface area (Å²) < 4.78 is 5.37. The van der Waals surface area contributed by atoms with Crippen molar-refractivity contribution in [2.75, 3.05) is 6.61 Å². The minimum atomic E-state index is 0.00741. The molecular formula is C19H28O3. The van der Waals surface area contributed by atoms with Crippen molar-refractivity contribution < 1.29 is 14.6 Å². The Balaban J connectivity index is 1.65. The first-order chi connectivity index (χ1) is 10.4. The Bertz CT molecular complexity index is 525. The molecule has 0 aromatic heterocycles. The lowest BCUT2D eigenvalue weighted by Gasteiger charge is -2.57. The molecule has 3 aliphatic carbocycles. The van der Waals surface area contributed by atoms with E-state index >= 15 is 0 Å². The molecule has 4 aliphatic rings. The maximum absolute atomic E-state index is 11.9. The number of carbonyl (C=O) groups excluding carboxylic acids is 1. The summed E-state index contributed by atoms with van der Waals surface area (Å²) in [5, 5.41) is 10.3. The number of aliphatic hydroxyl groups excluding tert-OH is 1. The molecular weight excluding hydrogens is 276 g/mol. The lowest BCUT2D eigenvalue weighted by molar-refractivity contribution is -0.143. The molecule has 122 valence electrons. The van der Waals surface area contributed by atoms with Gasteiger partial charge >= 0.3 is 5.97 Å². The van der Waals surface area contributed by atoms with Gasteiger partial charge in [-0.25, -0.2) is 0 Å². The SMILES string of the molecule is C[C@]12CCOC(=O)C[C@@H]1CC[C@@H]1[C@@H]2CC[C@]2(C)C(O)=CC[C@@H]12. The Kier molecular flexibility index (Phi) is 3.15. The van der Waals surface area contributed by atoms with Gasteiger partial charge in [0.25, 0.3) is 0 Å². The van der Waals surface area contributed by atoms with E-state index in [1.807, 2.05) is 0 Å². The van der Waals surface area contributed by atoms with E-state index in [1.165, 1.54) is 12.8 Å². The van der Waals surface area contributed by atoms with Crippen LogP contribution in [0.1, 0.15) is 58.8 Å². The third-order valence-electron chi connectivity index (χ3n) is 7.92. The van der Waals surface area contributed by atoms with Crippen LogP contribution in [-0.4, -0.2) is 17.7 Å². The largest absolute Gasteiger partial charge is 0.512 e. The van der Waals surface area contributed by atoms with Gasteiger partial charge in [-0.2, -0.15) is 0 Å². The molecule has 0 unspecified atom stereocenters. The topological polar surface area (TPSA) is 46.5 Å². The van der Waals surface area contributed by atoms with Gasteiger partial charge in [0, 0.05) is 11.8 Å². The highest BCUT2D eigenvalue weighted by Gasteiger charge is 2.58. The normalized spacial score (nSPS) is 51.0. The number of allylic oxidation sites excluding steroid dienone is 2. The maximum Gasteiger partial charge on any atom is 0.306 e. The summed E-state index contributed by atoms with van der Waals surface area (Å²) in [5.74, 6) is 3.14. The second-order valence-electron chi connectivity index (χ2n) is 8.61. The molecule has 2 saturated carbocycles. The third-order valence-corrected chi connectivity index (χ3v) is 7.92. The van der Waals surface area contributed by atoms with E-state index in [1.54, 1.807) is 0 Å². The number of rotatable bonds is 0. The molecule has 3 heteroatoms. The van der Waals surface area contributed by atoms with E-state index in [-0.39, 0.29) is 16.8 Å². The van der Waals surface area contributed by atoms with E-state index in [0.717, 1.165) is 25.7 Å². The van der Waals surface area contributed by atoms with Gasteiger partial charge < -0.3 is 9.84 Å². The van der Waals surface area contributed by atoms with Crippen LogP contribution in [0, 0.1) is 34.5 Å². The van der Waals surface area contributed by atoms with Crippen molar-refractivity contribution in [2.45, 2.75) is 58.8 Å². The third kappa shape index (κ3) is 1.83. The fraction of sp³-hybridized carbons (Fsp3) is 0.842. The molecule has 1 heterocycles. The predicted octanol–water partition coefficient (Wildman–Crippen LogP) is 4.23. The zero-order valence-corrected chi connectivity index (χ0v) is 13.8. The summed E-state index contributed by atoms with van der Waals surface area (Å²) in [5.41, 5.74) is 0.260. The van der Waals surface area contributed by atoms with Crippen LogP contribution < -0.4 is 0 Å². The zero-order chi connectivity index (χ0) is 15.5. The standard InChI is InChI=1S/C19H28O3/c1-18-9-10-22-17(21)11-12(18)3-4-13-14-5-6-16(20)19(14,2)8-7-15(13)18/h6,12-15,20H,3-5,7-11H2,1-2H3/t12-,13-,14-,15-,18-,19-/m0/s1. The van der Waals surface area contributed by atoms with Gasteiger partial charge in [-0.3, -0.25) is 4.79 Å². The number of aliphatic hydroxyl groups is 1. The molecule has 0 bridgehead atoms. The van der Waals surface area contributed by atoms with Crippen LogP contribution in [-0.2, 0) is 9.53 Å². The lowest BCUT2D eigenvalue weighted by Crippen LogP contribution is -2.51. The maximum atomic E-state index is 11.9. The van der Waals surface area contributed by atoms with Gasteiger partial charge in [-0.05, 0) is 73.7 Å². The first-order valence-corrected chi connectivity index (χ1v) is 9.00. The van der Waals surface area contributed by atoms with Gasteiger partial charge in [0.15, 0.2) is 0 Å². The molecule has 1 N–H and O–H groups in total. The molecule has 0 radical (unpaired) electrons. The van der Waals surface area contributed by atoms with Crippen LogP contribution in [0.25, 0.3) is 0 Å². The number of cyclic esters (lactones) is 1. The highest BCUT2D eigenvalue weighted by Crippen LogP contribution is 2.64. The molecule has 4 rings (SSSR count). The Morgan fingerprint density at radius 1 is 1.18 bits per heavy atom. The highest BCUT2D eigenvalue weighted by atomic mass is 16.5. The van der Waals surface area contributed by atoms with Crippen molar-refractivity contribution >= 4 is 5.97 Å². The van der Waals surface area contributed by atoms with Gasteiger partial charge in [0.1, 0.15) is 0 Å². The number of ether oxygens (including phenoxy) is 1. The number of hydrogen-bond donors (Lipinski definition) is 1. The van der Waals surface area contributed by atoms with E-state index in [9.17, 15) is 9.90 Å². The van der Waals surface area contributed by atoms with E-state index in [4.69, 9.17) is 4.74 Å². The van der Waals surface area contributed by atoms with Crippen LogP contribution in [0.4, 0.5) is 0 Å². The summed E-state index contributed by atoms with van der Waals surface area (Å²) in [7, 11) is 0. The van der Waals surface area contributed by atoms with Crippen LogP contribution in [0.15, 0.2) is 11.8 Å². The summed E-state index contributed by atoms with van der Waals surface area (Å²) in [6, 6.07) is 0. The van der Waals surface area contributed by atoms with Crippen molar-refractivity contribution in [3.05, 3.63) is 11.8 Å². The molecule has 6 atom stereocenters. The average molecular weight is 304 g/mol. The van der Waals surface area contributed by atoms with Gasteiger partial charge in [-0.1, -0.05) is 13.8 Å². The molecule has 3 fully saturated rings. The fourth-order valence-corrected chi connectivity index (χ4v) is 6.45. The minimum Gasteiger partial charge on any atom is -0.512 e. The molecule has 1 saturated heterocycles. The Hall–Kier alpha value is -0.990. The molecule has 1 aliphatic heterocycles. The first kappa shape index (κ1) is 14.6. The Morgan fingerprint density at radius 2 is 2.00 bits per heavy atom. The summed E-state index contributed by atoms with van der Waals surface area (Å²) in [4.78, 5) is 11.9. The number of esters is 1. The molecule has 0 aromatic carbocycles. The van der Waals surface area contributed by atoms with Crippen molar-refractivity contribution in [3.63, 3.8) is 0 Å². The van der Waals surface area contributed by atoms with Crippen molar-refractivity contribution in [2.24, 2.45) is 34.5 Å². The molecule has 0 amide bonds. The van der Waals surface area contributed by atoms with Crippen molar-refractivity contribution in [1.29, 1.82) is 0 Å². The smallest absolute Gasteiger partial charge is 0.306 e. The summed E-state index contributed by atoms with van der Waals surface area (Å²) in [6.07, 6.45) is 9.41. The van der Waals surface area contributed by atoms with Crippen molar-refractivity contribution in [1.82, 2.24) is 0 Å². The molecule has 0 spiro atoms. The van der Waals surface area contributed by atoms with Crippen LogP contribution in [0.5, 0.6) is 0 Å². The van der Waals surface area contributed by atoms with Gasteiger partial charge in [-0.15, -0.1) is 0 Å². The van der Waals surface area contributed by atoms with Gasteiger partial charge in [0.2, 0.25) is 0 Å². The summed E-state index contributed by atoms with van der Waals surface area (Å²) >= 11 is 0. The van der Waals surface area contributed by atoms with E-state index < -0.39 is 0 Å². The minimum absolute atomic E-state index is 0.00741. The molecule has 22 heavy (non-hydrogen) atoms. The van der Waals surface area contributed by atoms with E-state index in [2.05, 4.69) is 19.9 Å². The van der Waals surface area contributed by atoms with E-state index in [0.29, 0.717) is 42.5 Å². The first-order valence-electron chi connectivity index (χ1n) is 9.00. The zero-order valence-electron chi connectivity index (χ0n) is 13.8. The fourth-order valence-electron chi connectivity index (χ4n) is 6.45. The second kappa shape index (κ2) is 4.75. The molecule has 3 nitrogen and oxygen atoms in total. The van der Waals surface area contributed by atoms with Crippen LogP contribution >= 0.6 is 0 Å². The molecule has 0 aromatic rings. The Morgan fingerprint density at radius 3 is 2.82 bits per heavy atom. The van der Waals surface area contributed by atoms with Crippen LogP contribution in [0.3, 0.4) is 0 Å². The summed E-state index contributed by atoms with van der Waals surface area (Å²) in [6.45, 7) is 5.28. The quantitative estimate of drug-likeness (QED) is 0.681. The highest BCUT2D eigenvalue weighted by molar-refractivity contribution is 5.70. The Labute approximate surface area is 133 Å².